The van der Waals surface area contributed by atoms with Crippen molar-refractivity contribution in [2.24, 2.45) is 11.8 Å². The summed E-state index contributed by atoms with van der Waals surface area (Å²) >= 11 is 0. The molecular weight excluding hydrogens is 302 g/mol. The van der Waals surface area contributed by atoms with E-state index in [-0.39, 0.29) is 0 Å². The first-order valence-electron chi connectivity index (χ1n) is 9.07. The summed E-state index contributed by atoms with van der Waals surface area (Å²) in [6, 6.07) is 8.70. The Morgan fingerprint density at radius 1 is 1.04 bits per heavy atom. The molecule has 1 unspecified atom stereocenters. The maximum atomic E-state index is 3.63. The zero-order valence-electron chi connectivity index (χ0n) is 16.2. The first-order valence-corrected chi connectivity index (χ1v) is 9.07. The minimum atomic E-state index is 0.361. The molecule has 0 aromatic heterocycles. The molecule has 0 N–H and O–H groups in total. The smallest absolute Gasteiger partial charge is 0.193 e. The van der Waals surface area contributed by atoms with Crippen LogP contribution in [0.25, 0.3) is 6.08 Å². The molecule has 0 saturated carbocycles. The Labute approximate surface area is 152 Å². The Hall–Kier alpha value is -2.37. The number of rotatable bonds is 3. The third-order valence-corrected chi connectivity index (χ3v) is 5.10. The molecule has 2 aliphatic rings. The molecule has 1 aromatic rings. The third kappa shape index (κ3) is 3.52. The van der Waals surface area contributed by atoms with Gasteiger partial charge in [-0.3, -0.25) is 0 Å². The number of nitrogens with zero attached hydrogens (tertiary/aromatic N) is 1. The lowest BCUT2D eigenvalue weighted by Crippen LogP contribution is -2.07. The summed E-state index contributed by atoms with van der Waals surface area (Å²) in [5.74, 6) is 0.905. The van der Waals surface area contributed by atoms with E-state index in [1.807, 2.05) is 0 Å². The summed E-state index contributed by atoms with van der Waals surface area (Å²) in [5.41, 5.74) is 9.15. The van der Waals surface area contributed by atoms with Gasteiger partial charge in [0, 0.05) is 37.0 Å². The van der Waals surface area contributed by atoms with Gasteiger partial charge in [0.25, 0.3) is 0 Å². The third-order valence-electron chi connectivity index (χ3n) is 5.10. The van der Waals surface area contributed by atoms with E-state index in [4.69, 9.17) is 0 Å². The number of fused-ring (bicyclic) bond motifs is 1. The van der Waals surface area contributed by atoms with Crippen LogP contribution in [-0.4, -0.2) is 14.1 Å². The summed E-state index contributed by atoms with van der Waals surface area (Å²) in [5, 5.41) is 0. The highest BCUT2D eigenvalue weighted by molar-refractivity contribution is 5.69. The highest BCUT2D eigenvalue weighted by Gasteiger charge is 2.36. The molecule has 25 heavy (non-hydrogen) atoms. The van der Waals surface area contributed by atoms with Gasteiger partial charge in [-0.25, -0.2) is 0 Å². The lowest BCUT2D eigenvalue weighted by Gasteiger charge is -2.11. The van der Waals surface area contributed by atoms with Gasteiger partial charge in [0.05, 0.1) is 23.1 Å². The molecule has 1 aromatic carbocycles. The Bertz CT molecular complexity index is 808. The molecule has 0 heterocycles. The molecule has 1 heteroatoms. The summed E-state index contributed by atoms with van der Waals surface area (Å²) in [7, 11) is 4.14. The molecule has 0 bridgehead atoms. The maximum absolute atomic E-state index is 3.63. The van der Waals surface area contributed by atoms with Gasteiger partial charge in [-0.05, 0) is 55.7 Å². The van der Waals surface area contributed by atoms with E-state index in [9.17, 15) is 0 Å². The zero-order valence-corrected chi connectivity index (χ0v) is 16.2. The quantitative estimate of drug-likeness (QED) is 0.616. The molecule has 0 spiro atoms. The Morgan fingerprint density at radius 2 is 1.72 bits per heavy atom. The van der Waals surface area contributed by atoms with Crippen LogP contribution in [0.15, 0.2) is 70.4 Å². The van der Waals surface area contributed by atoms with Crippen LogP contribution in [0.5, 0.6) is 0 Å². The van der Waals surface area contributed by atoms with Crippen molar-refractivity contribution in [3.8, 4) is 0 Å². The molecule has 1 atom stereocenters. The van der Waals surface area contributed by atoms with Crippen molar-refractivity contribution in [3.63, 3.8) is 0 Å². The molecule has 0 amide bonds. The van der Waals surface area contributed by atoms with Crippen molar-refractivity contribution in [2.75, 3.05) is 19.0 Å². The largest absolute Gasteiger partial charge is 0.378 e. The van der Waals surface area contributed by atoms with Gasteiger partial charge >= 0.3 is 0 Å². The Kier molecular flexibility index (Phi) is 4.79. The first kappa shape index (κ1) is 17.5. The maximum Gasteiger partial charge on any atom is 0.193 e. The minimum absolute atomic E-state index is 0.361. The lowest BCUT2D eigenvalue weighted by molar-refractivity contribution is 0.775. The van der Waals surface area contributed by atoms with Gasteiger partial charge in [-0.2, -0.15) is 0 Å². The van der Waals surface area contributed by atoms with Gasteiger partial charge in [-0.15, -0.1) is 0 Å². The van der Waals surface area contributed by atoms with Crippen LogP contribution in [0.4, 0.5) is 5.69 Å². The average molecular weight is 330 g/mol. The van der Waals surface area contributed by atoms with E-state index in [1.54, 1.807) is 0 Å². The van der Waals surface area contributed by atoms with E-state index in [0.717, 1.165) is 0 Å². The van der Waals surface area contributed by atoms with Crippen LogP contribution < -0.4 is 4.90 Å². The van der Waals surface area contributed by atoms with E-state index in [0.29, 0.717) is 11.8 Å². The molecule has 0 radical (unpaired) electrons. The van der Waals surface area contributed by atoms with Crippen LogP contribution in [0.1, 0.15) is 33.3 Å². The SMILES string of the molecule is CC1=[C+]/C(=C\c2ccc(N(C)C)cc2)C2=C(C)C=CC(C(C)C)=CC12. The molecule has 128 valence electrons. The van der Waals surface area contributed by atoms with Gasteiger partial charge < -0.3 is 4.90 Å². The fraction of sp³-hybridized carbons (Fsp3) is 0.333. The van der Waals surface area contributed by atoms with Crippen molar-refractivity contribution < 1.29 is 0 Å². The van der Waals surface area contributed by atoms with Crippen LogP contribution in [-0.2, 0) is 0 Å². The molecule has 3 rings (SSSR count). The van der Waals surface area contributed by atoms with Crippen LogP contribution >= 0.6 is 0 Å². The monoisotopic (exact) mass is 330 g/mol. The fourth-order valence-corrected chi connectivity index (χ4v) is 3.50. The fourth-order valence-electron chi connectivity index (χ4n) is 3.50. The molecule has 0 aliphatic heterocycles. The van der Waals surface area contributed by atoms with Gasteiger partial charge in [-0.1, -0.05) is 26.0 Å². The van der Waals surface area contributed by atoms with Crippen molar-refractivity contribution >= 4 is 11.8 Å². The van der Waals surface area contributed by atoms with E-state index < -0.39 is 0 Å². The van der Waals surface area contributed by atoms with Gasteiger partial charge in [0.15, 0.2) is 5.57 Å². The second kappa shape index (κ2) is 6.86. The number of anilines is 1. The lowest BCUT2D eigenvalue weighted by atomic mass is 9.90. The van der Waals surface area contributed by atoms with Gasteiger partial charge in [0.2, 0.25) is 0 Å². The van der Waals surface area contributed by atoms with E-state index >= 15 is 0 Å². The zero-order chi connectivity index (χ0) is 18.1. The number of hydrogen-bond donors (Lipinski definition) is 0. The number of benzene rings is 1. The van der Waals surface area contributed by atoms with Crippen LogP contribution in [0, 0.1) is 17.9 Å². The summed E-state index contributed by atoms with van der Waals surface area (Å²) in [6.45, 7) is 8.95. The number of allylic oxidation sites excluding steroid dienone is 9. The Balaban J connectivity index is 2.00. The Morgan fingerprint density at radius 3 is 2.32 bits per heavy atom. The standard InChI is InChI=1S/C24H28N/c1-16(2)20-10-7-17(3)24-21(13-18(4)23(24)15-20)14-19-8-11-22(12-9-19)25(5)6/h7-12,14-16,23H,1-6H3/q+1/b21-14+. The summed E-state index contributed by atoms with van der Waals surface area (Å²) in [4.78, 5) is 2.12. The van der Waals surface area contributed by atoms with Gasteiger partial charge in [0.1, 0.15) is 0 Å². The minimum Gasteiger partial charge on any atom is -0.378 e. The van der Waals surface area contributed by atoms with Crippen molar-refractivity contribution in [1.82, 2.24) is 0 Å². The highest BCUT2D eigenvalue weighted by atomic mass is 15.1. The molecule has 1 nitrogen and oxygen atoms in total. The molecule has 0 fully saturated rings. The average Bonchev–Trinajstić information content (AvgIpc) is 2.75. The highest BCUT2D eigenvalue weighted by Crippen LogP contribution is 2.41. The predicted octanol–water partition coefficient (Wildman–Crippen LogP) is 5.98. The first-order chi connectivity index (χ1) is 11.9. The number of hydrogen-bond acceptors (Lipinski definition) is 1. The summed E-state index contributed by atoms with van der Waals surface area (Å²) in [6.07, 6.45) is 12.9. The van der Waals surface area contributed by atoms with Crippen LogP contribution in [0.3, 0.4) is 0 Å². The van der Waals surface area contributed by atoms with Crippen molar-refractivity contribution in [3.05, 3.63) is 82.0 Å². The molecule has 2 aliphatic carbocycles. The normalized spacial score (nSPS) is 21.1. The van der Waals surface area contributed by atoms with E-state index in [1.165, 1.54) is 39.1 Å². The predicted molar refractivity (Wildman–Crippen MR) is 109 cm³/mol. The molecule has 0 saturated heterocycles. The molecular formula is C24H28N+. The van der Waals surface area contributed by atoms with Crippen molar-refractivity contribution in [1.29, 1.82) is 0 Å². The second-order valence-corrected chi connectivity index (χ2v) is 7.58. The van der Waals surface area contributed by atoms with Crippen LogP contribution in [0.2, 0.25) is 0 Å². The van der Waals surface area contributed by atoms with E-state index in [2.05, 4.69) is 101 Å². The summed E-state index contributed by atoms with van der Waals surface area (Å²) < 4.78 is 0. The topological polar surface area (TPSA) is 3.24 Å². The second-order valence-electron chi connectivity index (χ2n) is 7.58. The van der Waals surface area contributed by atoms with Crippen molar-refractivity contribution in [2.45, 2.75) is 27.7 Å².